The van der Waals surface area contributed by atoms with Gasteiger partial charge in [0.15, 0.2) is 5.31 Å². The molecule has 2 aromatic carbocycles. The van der Waals surface area contributed by atoms with Crippen LogP contribution in [0.3, 0.4) is 0 Å². The third-order valence-electron chi connectivity index (χ3n) is 12.6. The number of unbranched alkanes of at least 4 members (excludes halogenated alkanes) is 21. The molecule has 0 bridgehead atoms. The lowest BCUT2D eigenvalue weighted by atomic mass is 9.67. The molecular weight excluding hydrogens is 748 g/mol. The molecule has 0 saturated heterocycles. The van der Waals surface area contributed by atoms with E-state index in [1.165, 1.54) is 153 Å². The normalized spacial score (nSPS) is 12.9. The number of benzene rings is 2. The van der Waals surface area contributed by atoms with Gasteiger partial charge >= 0.3 is 8.46 Å². The van der Waals surface area contributed by atoms with Gasteiger partial charge in [-0.3, -0.25) is 0 Å². The van der Waals surface area contributed by atoms with Crippen LogP contribution in [0.25, 0.3) is 12.2 Å². The fourth-order valence-corrected chi connectivity index (χ4v) is 9.57. The van der Waals surface area contributed by atoms with Crippen molar-refractivity contribution < 1.29 is 23.5 Å². The van der Waals surface area contributed by atoms with Gasteiger partial charge in [0, 0.05) is 12.0 Å². The second-order valence-electron chi connectivity index (χ2n) is 17.3. The lowest BCUT2D eigenvalue weighted by Gasteiger charge is -2.37. The first kappa shape index (κ1) is 52.4. The molecule has 0 heterocycles. The molecule has 2 atom stereocenters. The van der Waals surface area contributed by atoms with Gasteiger partial charge in [-0.1, -0.05) is 204 Å². The molecule has 2 rings (SSSR count). The Morgan fingerprint density at radius 2 is 0.831 bits per heavy atom. The van der Waals surface area contributed by atoms with Gasteiger partial charge < -0.3 is 18.9 Å². The van der Waals surface area contributed by atoms with E-state index >= 15 is 0 Å². The first-order valence-corrected chi connectivity index (χ1v) is 25.0. The highest BCUT2D eigenvalue weighted by molar-refractivity contribution is 7.29. The summed E-state index contributed by atoms with van der Waals surface area (Å²) < 4.78 is 37.7. The first-order valence-electron chi connectivity index (χ1n) is 24.1. The first-order chi connectivity index (χ1) is 28.9. The molecule has 0 radical (unpaired) electrons. The SMILES string of the molecule is CCCCCCCCCCC(C(=Cc1c(OC)cccc1OC)[PH+]=O)C(=Cc1c(OC)cccc1OC)C(C)(CCCCCCCCCC)CCCCCCCCCC. The minimum atomic E-state index is -0.610. The maximum Gasteiger partial charge on any atom is 0.359 e. The van der Waals surface area contributed by atoms with Crippen molar-refractivity contribution in [2.24, 2.45) is 11.3 Å². The second kappa shape index (κ2) is 32.9. The number of hydrogen-bond acceptors (Lipinski definition) is 5. The zero-order chi connectivity index (χ0) is 43.0. The summed E-state index contributed by atoms with van der Waals surface area (Å²) in [6, 6.07) is 12.0. The Morgan fingerprint density at radius 1 is 0.508 bits per heavy atom. The average Bonchev–Trinajstić information content (AvgIpc) is 3.26. The Morgan fingerprint density at radius 3 is 1.17 bits per heavy atom. The Kier molecular flexibility index (Phi) is 29.2. The summed E-state index contributed by atoms with van der Waals surface area (Å²) in [4.78, 5) is 0. The summed E-state index contributed by atoms with van der Waals surface area (Å²) >= 11 is 0. The molecule has 0 aliphatic carbocycles. The molecule has 6 heteroatoms. The van der Waals surface area contributed by atoms with Crippen molar-refractivity contribution in [3.63, 3.8) is 0 Å². The van der Waals surface area contributed by atoms with Crippen LogP contribution in [0.1, 0.15) is 212 Å². The summed E-state index contributed by atoms with van der Waals surface area (Å²) in [5.74, 6) is 3.02. The largest absolute Gasteiger partial charge is 0.496 e. The smallest absolute Gasteiger partial charge is 0.359 e. The molecule has 0 aromatic heterocycles. The number of hydrogen-bond donors (Lipinski definition) is 0. The molecule has 59 heavy (non-hydrogen) atoms. The van der Waals surface area contributed by atoms with Crippen molar-refractivity contribution >= 4 is 20.6 Å². The molecule has 0 aliphatic rings. The zero-order valence-corrected chi connectivity index (χ0v) is 40.3. The van der Waals surface area contributed by atoms with Gasteiger partial charge in [0.25, 0.3) is 0 Å². The maximum atomic E-state index is 13.9. The summed E-state index contributed by atoms with van der Waals surface area (Å²) in [7, 11) is 6.30. The van der Waals surface area contributed by atoms with Gasteiger partial charge in [0.1, 0.15) is 23.0 Å². The third-order valence-corrected chi connectivity index (χ3v) is 13.3. The van der Waals surface area contributed by atoms with Crippen LogP contribution < -0.4 is 18.9 Å². The van der Waals surface area contributed by atoms with E-state index in [2.05, 4.69) is 39.8 Å². The lowest BCUT2D eigenvalue weighted by molar-refractivity contribution is 0.283. The van der Waals surface area contributed by atoms with Gasteiger partial charge in [-0.2, -0.15) is 0 Å². The summed E-state index contributed by atoms with van der Waals surface area (Å²) in [5, 5.41) is 0.925. The third kappa shape index (κ3) is 19.6. The van der Waals surface area contributed by atoms with Crippen LogP contribution in [0.15, 0.2) is 47.3 Å². The topological polar surface area (TPSA) is 54.0 Å². The number of ether oxygens (including phenoxy) is 4. The predicted molar refractivity (Wildman–Crippen MR) is 257 cm³/mol. The monoisotopic (exact) mass is 836 g/mol. The average molecular weight is 836 g/mol. The molecule has 0 N–H and O–H groups in total. The predicted octanol–water partition coefficient (Wildman–Crippen LogP) is 17.4. The molecule has 0 spiro atoms. The molecule has 2 unspecified atom stereocenters. The van der Waals surface area contributed by atoms with Crippen molar-refractivity contribution in [2.75, 3.05) is 28.4 Å². The molecule has 0 saturated carbocycles. The standard InChI is InChI=1S/C53H87O5P/c1-9-12-15-18-21-24-27-30-35-44(52(59-54)43-46-50(57-7)38-34-39-51(46)58-8)47(42-45-48(55-5)36-33-37-49(45)56-6)53(4,40-31-28-25-22-19-16-13-10-2)41-32-29-26-23-20-17-14-11-3/h33-34,36-39,42-44H,9-32,35,40-41H2,1-8H3/p+1. The maximum absolute atomic E-state index is 13.9. The van der Waals surface area contributed by atoms with E-state index in [0.717, 1.165) is 65.1 Å². The van der Waals surface area contributed by atoms with E-state index < -0.39 is 8.46 Å². The van der Waals surface area contributed by atoms with Crippen molar-refractivity contribution in [3.8, 4) is 23.0 Å². The lowest BCUT2D eigenvalue weighted by Crippen LogP contribution is -2.26. The van der Waals surface area contributed by atoms with E-state index in [9.17, 15) is 4.57 Å². The fourth-order valence-electron chi connectivity index (χ4n) is 8.92. The Bertz CT molecular complexity index is 1380. The highest BCUT2D eigenvalue weighted by Gasteiger charge is 2.38. The highest BCUT2D eigenvalue weighted by atomic mass is 31.1. The number of rotatable bonds is 37. The zero-order valence-electron chi connectivity index (χ0n) is 39.3. The summed E-state index contributed by atoms with van der Waals surface area (Å²) in [6.07, 6.45) is 38.4. The summed E-state index contributed by atoms with van der Waals surface area (Å²) in [6.45, 7) is 9.40. The fraction of sp³-hybridized carbons (Fsp3) is 0.698. The summed E-state index contributed by atoms with van der Waals surface area (Å²) in [5.41, 5.74) is 3.05. The van der Waals surface area contributed by atoms with E-state index in [-0.39, 0.29) is 11.3 Å². The Hall–Kier alpha value is -2.78. The van der Waals surface area contributed by atoms with Gasteiger partial charge in [0.2, 0.25) is 0 Å². The quantitative estimate of drug-likeness (QED) is 0.0501. The van der Waals surface area contributed by atoms with E-state index in [4.69, 9.17) is 18.9 Å². The highest BCUT2D eigenvalue weighted by Crippen LogP contribution is 2.50. The Balaban J connectivity index is 2.77. The van der Waals surface area contributed by atoms with Crippen molar-refractivity contribution in [1.29, 1.82) is 0 Å². The van der Waals surface area contributed by atoms with E-state index in [1.54, 1.807) is 28.4 Å². The van der Waals surface area contributed by atoms with Crippen LogP contribution >= 0.6 is 8.46 Å². The van der Waals surface area contributed by atoms with E-state index in [0.29, 0.717) is 0 Å². The van der Waals surface area contributed by atoms with Crippen molar-refractivity contribution in [3.05, 3.63) is 58.4 Å². The molecular formula is C53H88O5P+. The number of methoxy groups -OCH3 is 4. The Labute approximate surface area is 365 Å². The van der Waals surface area contributed by atoms with Gasteiger partial charge in [-0.05, 0) is 55.0 Å². The molecule has 0 amide bonds. The molecule has 0 fully saturated rings. The molecule has 334 valence electrons. The van der Waals surface area contributed by atoms with Gasteiger partial charge in [-0.25, -0.2) is 0 Å². The van der Waals surface area contributed by atoms with Crippen molar-refractivity contribution in [1.82, 2.24) is 0 Å². The minimum absolute atomic E-state index is 0.0387. The number of allylic oxidation sites excluding steroid dienone is 2. The molecule has 5 nitrogen and oxygen atoms in total. The van der Waals surface area contributed by atoms with Crippen LogP contribution in [0.5, 0.6) is 23.0 Å². The minimum Gasteiger partial charge on any atom is -0.496 e. The van der Waals surface area contributed by atoms with Crippen molar-refractivity contribution in [2.45, 2.75) is 201 Å². The van der Waals surface area contributed by atoms with Crippen LogP contribution in [0, 0.1) is 11.3 Å². The second-order valence-corrected chi connectivity index (χ2v) is 18.1. The van der Waals surface area contributed by atoms with Gasteiger partial charge in [-0.15, -0.1) is 0 Å². The van der Waals surface area contributed by atoms with Crippen LogP contribution in [0.4, 0.5) is 0 Å². The van der Waals surface area contributed by atoms with Crippen LogP contribution in [-0.4, -0.2) is 28.4 Å². The van der Waals surface area contributed by atoms with Crippen LogP contribution in [0.2, 0.25) is 0 Å². The van der Waals surface area contributed by atoms with E-state index in [1.807, 2.05) is 36.4 Å². The molecule has 2 aromatic rings. The molecule has 0 aliphatic heterocycles. The van der Waals surface area contributed by atoms with Gasteiger partial charge in [0.05, 0.1) is 39.6 Å². The van der Waals surface area contributed by atoms with Crippen LogP contribution in [-0.2, 0) is 4.57 Å².